The minimum Gasteiger partial charge on any atom is -0.548 e. The third kappa shape index (κ3) is 4.26. The van der Waals surface area contributed by atoms with Gasteiger partial charge in [0.25, 0.3) is 0 Å². The summed E-state index contributed by atoms with van der Waals surface area (Å²) in [4.78, 5) is 39.7. The van der Waals surface area contributed by atoms with Gasteiger partial charge >= 0.3 is 0 Å². The van der Waals surface area contributed by atoms with Crippen LogP contribution in [0.15, 0.2) is 34.7 Å². The van der Waals surface area contributed by atoms with Crippen LogP contribution in [0.3, 0.4) is 0 Å². The summed E-state index contributed by atoms with van der Waals surface area (Å²) in [6.07, 6.45) is 3.12. The van der Waals surface area contributed by atoms with E-state index in [1.807, 2.05) is 13.8 Å². The number of ether oxygens (including phenoxy) is 2. The number of benzene rings is 1. The van der Waals surface area contributed by atoms with Gasteiger partial charge in [-0.25, -0.2) is 0 Å². The minimum absolute atomic E-state index is 0.0718. The van der Waals surface area contributed by atoms with Gasteiger partial charge in [0.05, 0.1) is 30.8 Å². The number of ketones is 2. The summed E-state index contributed by atoms with van der Waals surface area (Å²) < 4.78 is 11.5. The van der Waals surface area contributed by atoms with Crippen molar-refractivity contribution in [1.29, 1.82) is 0 Å². The monoisotopic (exact) mass is 472 g/mol. The highest BCUT2D eigenvalue weighted by Gasteiger charge is 2.43. The molecule has 0 fully saturated rings. The molecular weight excluding hydrogens is 446 g/mol. The van der Waals surface area contributed by atoms with Gasteiger partial charge in [-0.05, 0) is 57.2 Å². The minimum atomic E-state index is -1.24. The summed E-state index contributed by atoms with van der Waals surface area (Å²) in [5.74, 6) is -1.12. The average Bonchev–Trinajstić information content (AvgIpc) is 2.77. The molecule has 0 aromatic heterocycles. The Labute approximate surface area is 198 Å². The van der Waals surface area contributed by atoms with Crippen molar-refractivity contribution in [2.24, 2.45) is 0 Å². The molecule has 1 aliphatic heterocycles. The summed E-state index contributed by atoms with van der Waals surface area (Å²) in [5, 5.41) is 11.9. The molecule has 0 radical (unpaired) electrons. The zero-order chi connectivity index (χ0) is 23.7. The molecule has 0 atom stereocenters. The summed E-state index contributed by atoms with van der Waals surface area (Å²) in [5.41, 5.74) is 3.00. The summed E-state index contributed by atoms with van der Waals surface area (Å²) in [7, 11) is 0. The summed E-state index contributed by atoms with van der Waals surface area (Å²) in [6, 6.07) is 3.52. The second kappa shape index (κ2) is 9.59. The Morgan fingerprint density at radius 3 is 2.09 bits per heavy atom. The maximum absolute atomic E-state index is 13.2. The molecule has 3 aliphatic rings. The van der Waals surface area contributed by atoms with Crippen LogP contribution in [0.25, 0.3) is 0 Å². The fourth-order valence-corrected chi connectivity index (χ4v) is 5.45. The third-order valence-corrected chi connectivity index (χ3v) is 6.61. The third-order valence-electron chi connectivity index (χ3n) is 6.33. The van der Waals surface area contributed by atoms with E-state index < -0.39 is 11.9 Å². The molecule has 8 heteroatoms. The molecule has 0 amide bonds. The maximum atomic E-state index is 13.2. The molecule has 176 valence electrons. The molecule has 1 aromatic rings. The quantitative estimate of drug-likeness (QED) is 0.600. The second-order valence-electron chi connectivity index (χ2n) is 8.36. The lowest BCUT2D eigenvalue weighted by molar-refractivity contribution is -0.305. The predicted molar refractivity (Wildman–Crippen MR) is 120 cm³/mol. The van der Waals surface area contributed by atoms with Crippen LogP contribution in [-0.2, 0) is 14.4 Å². The van der Waals surface area contributed by atoms with Gasteiger partial charge in [-0.2, -0.15) is 0 Å². The average molecular weight is 473 g/mol. The van der Waals surface area contributed by atoms with Crippen LogP contribution in [0.2, 0.25) is 5.02 Å². The molecule has 0 unspecified atom stereocenters. The Hall–Kier alpha value is -2.80. The molecule has 0 N–H and O–H groups in total. The van der Waals surface area contributed by atoms with E-state index >= 15 is 0 Å². The summed E-state index contributed by atoms with van der Waals surface area (Å²) >= 11 is 6.59. The number of carbonyl (C=O) groups is 3. The number of rotatable bonds is 7. The fourth-order valence-electron chi connectivity index (χ4n) is 5.17. The molecule has 1 aromatic carbocycles. The second-order valence-corrected chi connectivity index (χ2v) is 8.77. The van der Waals surface area contributed by atoms with Gasteiger partial charge in [-0.1, -0.05) is 11.6 Å². The van der Waals surface area contributed by atoms with Gasteiger partial charge in [-0.3, -0.25) is 9.59 Å². The van der Waals surface area contributed by atoms with Crippen LogP contribution < -0.4 is 14.6 Å². The van der Waals surface area contributed by atoms with Crippen LogP contribution in [0.1, 0.15) is 63.9 Å². The van der Waals surface area contributed by atoms with E-state index in [1.54, 1.807) is 17.0 Å². The van der Waals surface area contributed by atoms with Crippen LogP contribution in [0, 0.1) is 0 Å². The Kier molecular flexibility index (Phi) is 6.79. The Bertz CT molecular complexity index is 1030. The van der Waals surface area contributed by atoms with E-state index in [0.29, 0.717) is 96.4 Å². The SMILES string of the molecule is CCOc1cc(C2C3=C(CCCC3=O)N(CC(=O)[O-])C3=C2C(=O)CCC3)cc(Cl)c1OCC. The number of halogens is 1. The normalized spacial score (nSPS) is 18.9. The van der Waals surface area contributed by atoms with Gasteiger partial charge in [0.2, 0.25) is 0 Å². The van der Waals surface area contributed by atoms with Gasteiger partial charge in [0.1, 0.15) is 0 Å². The number of allylic oxidation sites excluding steroid dienone is 4. The van der Waals surface area contributed by atoms with E-state index in [9.17, 15) is 19.5 Å². The highest BCUT2D eigenvalue weighted by Crippen LogP contribution is 2.51. The van der Waals surface area contributed by atoms with Crippen molar-refractivity contribution >= 4 is 29.1 Å². The highest BCUT2D eigenvalue weighted by atomic mass is 35.5. The van der Waals surface area contributed by atoms with Crippen molar-refractivity contribution < 1.29 is 29.0 Å². The lowest BCUT2D eigenvalue weighted by Gasteiger charge is -2.44. The molecule has 0 bridgehead atoms. The van der Waals surface area contributed by atoms with Crippen molar-refractivity contribution in [2.75, 3.05) is 19.8 Å². The first-order valence-electron chi connectivity index (χ1n) is 11.5. The number of hydrogen-bond donors (Lipinski definition) is 0. The first kappa shape index (κ1) is 23.4. The zero-order valence-corrected chi connectivity index (χ0v) is 19.6. The first-order valence-corrected chi connectivity index (χ1v) is 11.8. The van der Waals surface area contributed by atoms with Crippen molar-refractivity contribution in [3.8, 4) is 11.5 Å². The number of hydrogen-bond acceptors (Lipinski definition) is 7. The molecule has 2 aliphatic carbocycles. The first-order chi connectivity index (χ1) is 15.9. The van der Waals surface area contributed by atoms with E-state index in [-0.39, 0.29) is 18.1 Å². The number of carboxylic acids is 1. The van der Waals surface area contributed by atoms with Gasteiger partial charge < -0.3 is 24.3 Å². The van der Waals surface area contributed by atoms with E-state index in [0.717, 1.165) is 0 Å². The van der Waals surface area contributed by atoms with E-state index in [4.69, 9.17) is 21.1 Å². The van der Waals surface area contributed by atoms with E-state index in [2.05, 4.69) is 0 Å². The number of carboxylic acid groups (broad SMARTS) is 1. The van der Waals surface area contributed by atoms with Crippen molar-refractivity contribution in [3.05, 3.63) is 45.3 Å². The summed E-state index contributed by atoms with van der Waals surface area (Å²) in [6.45, 7) is 4.12. The Morgan fingerprint density at radius 1 is 1.00 bits per heavy atom. The number of nitrogens with zero attached hydrogens (tertiary/aromatic N) is 1. The molecule has 1 heterocycles. The van der Waals surface area contributed by atoms with Crippen molar-refractivity contribution in [3.63, 3.8) is 0 Å². The van der Waals surface area contributed by atoms with Crippen LogP contribution >= 0.6 is 11.6 Å². The lowest BCUT2D eigenvalue weighted by Crippen LogP contribution is -2.44. The number of carbonyl (C=O) groups excluding carboxylic acids is 3. The maximum Gasteiger partial charge on any atom is 0.179 e. The molecule has 0 saturated heterocycles. The highest BCUT2D eigenvalue weighted by molar-refractivity contribution is 6.32. The molecule has 7 nitrogen and oxygen atoms in total. The van der Waals surface area contributed by atoms with Crippen LogP contribution in [0.4, 0.5) is 0 Å². The lowest BCUT2D eigenvalue weighted by atomic mass is 9.71. The van der Waals surface area contributed by atoms with Crippen LogP contribution in [-0.4, -0.2) is 42.2 Å². The standard InChI is InChI=1S/C25H28ClNO6/c1-3-32-20-12-14(11-15(26)25(20)33-4-2)22-23-16(7-5-9-18(23)28)27(13-21(30)31)17-8-6-10-19(29)24(17)22/h11-12,22H,3-10,13H2,1-2H3,(H,30,31)/p-1. The molecule has 0 saturated carbocycles. The van der Waals surface area contributed by atoms with Gasteiger partial charge in [0.15, 0.2) is 23.1 Å². The van der Waals surface area contributed by atoms with Crippen molar-refractivity contribution in [1.82, 2.24) is 4.90 Å². The number of aliphatic carboxylic acids is 1. The Morgan fingerprint density at radius 2 is 1.58 bits per heavy atom. The van der Waals surface area contributed by atoms with E-state index in [1.165, 1.54) is 0 Å². The Balaban J connectivity index is 1.96. The topological polar surface area (TPSA) is 96.0 Å². The zero-order valence-electron chi connectivity index (χ0n) is 18.9. The fraction of sp³-hybridized carbons (Fsp3) is 0.480. The molecule has 0 spiro atoms. The molecule has 33 heavy (non-hydrogen) atoms. The smallest absolute Gasteiger partial charge is 0.179 e. The van der Waals surface area contributed by atoms with Crippen LogP contribution in [0.5, 0.6) is 11.5 Å². The van der Waals surface area contributed by atoms with Crippen molar-refractivity contribution in [2.45, 2.75) is 58.3 Å². The largest absolute Gasteiger partial charge is 0.548 e. The van der Waals surface area contributed by atoms with Gasteiger partial charge in [-0.15, -0.1) is 0 Å². The molecular formula is C25H27ClNO6-. The van der Waals surface area contributed by atoms with Gasteiger partial charge in [0, 0.05) is 41.3 Å². The number of Topliss-reactive ketones (excluding diaryl/α,β-unsaturated/α-hetero) is 2. The predicted octanol–water partition coefficient (Wildman–Crippen LogP) is 3.30. The molecule has 4 rings (SSSR count).